The van der Waals surface area contributed by atoms with Crippen LogP contribution in [0.3, 0.4) is 0 Å². The van der Waals surface area contributed by atoms with Crippen molar-refractivity contribution in [2.24, 2.45) is 0 Å². The fourth-order valence-electron chi connectivity index (χ4n) is 4.16. The highest BCUT2D eigenvalue weighted by Crippen LogP contribution is 2.34. The van der Waals surface area contributed by atoms with Crippen LogP contribution in [-0.4, -0.2) is 31.8 Å². The topological polar surface area (TPSA) is 81.0 Å². The van der Waals surface area contributed by atoms with Gasteiger partial charge in [0.25, 0.3) is 5.56 Å². The summed E-state index contributed by atoms with van der Waals surface area (Å²) in [5.41, 5.74) is 2.31. The van der Waals surface area contributed by atoms with Crippen molar-refractivity contribution in [2.75, 3.05) is 11.4 Å². The molecule has 0 aliphatic carbocycles. The summed E-state index contributed by atoms with van der Waals surface area (Å²) in [4.78, 5) is 40.9. The zero-order valence-corrected chi connectivity index (χ0v) is 20.1. The maximum Gasteiger partial charge on any atom is 0.255 e. The Hall–Kier alpha value is -3.62. The van der Waals surface area contributed by atoms with Crippen molar-refractivity contribution in [2.45, 2.75) is 19.0 Å². The average Bonchev–Trinajstić information content (AvgIpc) is 2.85. The van der Waals surface area contributed by atoms with Gasteiger partial charge in [-0.15, -0.1) is 24.8 Å². The second-order valence-electron chi connectivity index (χ2n) is 7.81. The van der Waals surface area contributed by atoms with Crippen molar-refractivity contribution in [3.8, 4) is 11.3 Å². The molecule has 10 heteroatoms. The van der Waals surface area contributed by atoms with Crippen LogP contribution in [0, 0.1) is 5.82 Å². The molecule has 0 saturated heterocycles. The van der Waals surface area contributed by atoms with E-state index in [0.29, 0.717) is 24.6 Å². The standard InChI is InChI=1S/C25H20FN5O2.2ClH/c26-20-3-1-2-19(14-20)23(32)16-31-22(18-6-11-28-12-7-18)8-13-30-24(33)15-21(29-25(30)31)17-4-9-27-10-5-17;;/h1-7,9-12,14-15,22H,8,13,16H2;2*1H. The molecule has 0 spiro atoms. The fourth-order valence-corrected chi connectivity index (χ4v) is 4.16. The number of anilines is 1. The minimum Gasteiger partial charge on any atom is -0.327 e. The van der Waals surface area contributed by atoms with Gasteiger partial charge in [-0.3, -0.25) is 24.1 Å². The third kappa shape index (κ3) is 5.39. The highest BCUT2D eigenvalue weighted by molar-refractivity contribution is 5.99. The summed E-state index contributed by atoms with van der Waals surface area (Å²) in [7, 11) is 0. The number of ketones is 1. The lowest BCUT2D eigenvalue weighted by molar-refractivity contribution is 0.0994. The largest absolute Gasteiger partial charge is 0.327 e. The number of halogens is 3. The van der Waals surface area contributed by atoms with E-state index in [9.17, 15) is 14.0 Å². The van der Waals surface area contributed by atoms with Crippen LogP contribution in [0.2, 0.25) is 0 Å². The molecule has 1 atom stereocenters. The van der Waals surface area contributed by atoms with Gasteiger partial charge in [-0.2, -0.15) is 0 Å². The van der Waals surface area contributed by atoms with E-state index in [2.05, 4.69) is 9.97 Å². The van der Waals surface area contributed by atoms with E-state index in [0.717, 1.165) is 11.1 Å². The molecule has 1 aliphatic heterocycles. The molecule has 0 N–H and O–H groups in total. The van der Waals surface area contributed by atoms with Crippen LogP contribution in [-0.2, 0) is 6.54 Å². The number of benzene rings is 1. The van der Waals surface area contributed by atoms with Gasteiger partial charge in [-0.1, -0.05) is 12.1 Å². The van der Waals surface area contributed by atoms with E-state index < -0.39 is 5.82 Å². The number of hydrogen-bond donors (Lipinski definition) is 0. The number of aromatic nitrogens is 4. The molecule has 5 rings (SSSR count). The minimum absolute atomic E-state index is 0. The van der Waals surface area contributed by atoms with E-state index in [4.69, 9.17) is 4.98 Å². The Kier molecular flexibility index (Phi) is 8.32. The Morgan fingerprint density at radius 3 is 2.34 bits per heavy atom. The lowest BCUT2D eigenvalue weighted by Crippen LogP contribution is -2.43. The molecule has 7 nitrogen and oxygen atoms in total. The van der Waals surface area contributed by atoms with Crippen LogP contribution in [0.25, 0.3) is 11.3 Å². The van der Waals surface area contributed by atoms with Crippen LogP contribution in [0.15, 0.2) is 84.2 Å². The number of Topliss-reactive ketones (excluding diaryl/α,β-unsaturated/α-hetero) is 1. The number of rotatable bonds is 5. The van der Waals surface area contributed by atoms with Crippen molar-refractivity contribution in [1.29, 1.82) is 0 Å². The Labute approximate surface area is 213 Å². The fraction of sp³-hybridized carbons (Fsp3) is 0.160. The summed E-state index contributed by atoms with van der Waals surface area (Å²) in [6.07, 6.45) is 7.29. The molecule has 1 aliphatic rings. The van der Waals surface area contributed by atoms with Crippen molar-refractivity contribution in [1.82, 2.24) is 19.5 Å². The third-order valence-corrected chi connectivity index (χ3v) is 5.77. The molecule has 1 unspecified atom stereocenters. The first-order valence-corrected chi connectivity index (χ1v) is 10.6. The second-order valence-corrected chi connectivity index (χ2v) is 7.81. The first kappa shape index (κ1) is 26.0. The van der Waals surface area contributed by atoms with Crippen molar-refractivity contribution >= 4 is 36.5 Å². The van der Waals surface area contributed by atoms with Crippen LogP contribution in [0.1, 0.15) is 28.4 Å². The van der Waals surface area contributed by atoms with Gasteiger partial charge in [0.1, 0.15) is 5.82 Å². The van der Waals surface area contributed by atoms with E-state index >= 15 is 0 Å². The first-order valence-electron chi connectivity index (χ1n) is 10.6. The molecular formula is C25H22Cl2FN5O2. The van der Waals surface area contributed by atoms with E-state index in [1.807, 2.05) is 17.0 Å². The predicted molar refractivity (Wildman–Crippen MR) is 136 cm³/mol. The molecule has 3 aromatic heterocycles. The van der Waals surface area contributed by atoms with Crippen LogP contribution >= 0.6 is 24.8 Å². The summed E-state index contributed by atoms with van der Waals surface area (Å²) < 4.78 is 15.3. The highest BCUT2D eigenvalue weighted by atomic mass is 35.5. The van der Waals surface area contributed by atoms with Crippen molar-refractivity contribution in [3.05, 3.63) is 107 Å². The molecule has 0 radical (unpaired) electrons. The quantitative estimate of drug-likeness (QED) is 0.365. The Morgan fingerprint density at radius 1 is 0.971 bits per heavy atom. The van der Waals surface area contributed by atoms with Gasteiger partial charge in [0.2, 0.25) is 5.95 Å². The predicted octanol–water partition coefficient (Wildman–Crippen LogP) is 4.52. The molecule has 0 bridgehead atoms. The van der Waals surface area contributed by atoms with Gasteiger partial charge in [0.15, 0.2) is 5.78 Å². The van der Waals surface area contributed by atoms with Gasteiger partial charge < -0.3 is 4.90 Å². The first-order chi connectivity index (χ1) is 16.1. The normalized spacial score (nSPS) is 14.3. The molecule has 0 amide bonds. The number of pyridine rings is 2. The van der Waals surface area contributed by atoms with Crippen LogP contribution < -0.4 is 10.5 Å². The molecule has 35 heavy (non-hydrogen) atoms. The number of carbonyl (C=O) groups is 1. The Morgan fingerprint density at radius 2 is 1.66 bits per heavy atom. The minimum atomic E-state index is -0.472. The van der Waals surface area contributed by atoms with Crippen molar-refractivity contribution < 1.29 is 9.18 Å². The maximum absolute atomic E-state index is 13.7. The Bertz CT molecular complexity index is 1370. The molecule has 0 fully saturated rings. The van der Waals surface area contributed by atoms with E-state index in [-0.39, 0.29) is 54.3 Å². The Balaban J connectivity index is 0.00000171. The monoisotopic (exact) mass is 513 g/mol. The smallest absolute Gasteiger partial charge is 0.255 e. The third-order valence-electron chi connectivity index (χ3n) is 5.77. The number of fused-ring (bicyclic) bond motifs is 1. The lowest BCUT2D eigenvalue weighted by Gasteiger charge is -2.38. The van der Waals surface area contributed by atoms with Crippen LogP contribution in [0.4, 0.5) is 10.3 Å². The summed E-state index contributed by atoms with van der Waals surface area (Å²) >= 11 is 0. The lowest BCUT2D eigenvalue weighted by atomic mass is 10.00. The second kappa shape index (κ2) is 11.2. The average molecular weight is 514 g/mol. The molecule has 4 heterocycles. The summed E-state index contributed by atoms with van der Waals surface area (Å²) in [5.74, 6) is -0.322. The molecule has 180 valence electrons. The zero-order valence-electron chi connectivity index (χ0n) is 18.5. The molecular weight excluding hydrogens is 492 g/mol. The van der Waals surface area contributed by atoms with E-state index in [1.54, 1.807) is 47.6 Å². The van der Waals surface area contributed by atoms with Gasteiger partial charge in [-0.25, -0.2) is 9.37 Å². The summed E-state index contributed by atoms with van der Waals surface area (Å²) in [6, 6.07) is 14.3. The van der Waals surface area contributed by atoms with Gasteiger partial charge in [-0.05, 0) is 48.4 Å². The van der Waals surface area contributed by atoms with Crippen molar-refractivity contribution in [3.63, 3.8) is 0 Å². The number of hydrogen-bond acceptors (Lipinski definition) is 6. The van der Waals surface area contributed by atoms with Crippen LogP contribution in [0.5, 0.6) is 0 Å². The van der Waals surface area contributed by atoms with Gasteiger partial charge in [0.05, 0.1) is 18.3 Å². The SMILES string of the molecule is Cl.Cl.O=C(CN1c2nc(-c3ccncc3)cc(=O)n2CCC1c1ccncc1)c1cccc(F)c1. The number of carbonyl (C=O) groups excluding carboxylic acids is 1. The maximum atomic E-state index is 13.7. The number of nitrogens with zero attached hydrogens (tertiary/aromatic N) is 5. The molecule has 0 saturated carbocycles. The summed E-state index contributed by atoms with van der Waals surface area (Å²) in [6.45, 7) is 0.415. The van der Waals surface area contributed by atoms with Gasteiger partial charge >= 0.3 is 0 Å². The van der Waals surface area contributed by atoms with Gasteiger partial charge in [0, 0.05) is 48.5 Å². The highest BCUT2D eigenvalue weighted by Gasteiger charge is 2.31. The summed E-state index contributed by atoms with van der Waals surface area (Å²) in [5, 5.41) is 0. The molecule has 1 aromatic carbocycles. The van der Waals surface area contributed by atoms with E-state index in [1.165, 1.54) is 24.3 Å². The molecule has 4 aromatic rings. The zero-order chi connectivity index (χ0) is 22.8.